The van der Waals surface area contributed by atoms with Gasteiger partial charge in [0.2, 0.25) is 10.0 Å². The summed E-state index contributed by atoms with van der Waals surface area (Å²) in [4.78, 5) is 0.432. The van der Waals surface area contributed by atoms with Crippen LogP contribution in [0.3, 0.4) is 0 Å². The van der Waals surface area contributed by atoms with Crippen molar-refractivity contribution in [3.8, 4) is 0 Å². The van der Waals surface area contributed by atoms with Gasteiger partial charge < -0.3 is 4.74 Å². The van der Waals surface area contributed by atoms with Crippen molar-refractivity contribution in [1.82, 2.24) is 4.31 Å². The largest absolute Gasteiger partial charge is 0.384 e. The number of ether oxygens (including phenoxy) is 1. The first-order valence-corrected chi connectivity index (χ1v) is 8.45. The summed E-state index contributed by atoms with van der Waals surface area (Å²) in [5.41, 5.74) is 1.90. The first-order valence-electron chi connectivity index (χ1n) is 7.01. The highest BCUT2D eigenvalue weighted by molar-refractivity contribution is 7.89. The first kappa shape index (κ1) is 15.5. The molecule has 1 unspecified atom stereocenters. The van der Waals surface area contributed by atoms with Crippen LogP contribution in [0.1, 0.15) is 24.0 Å². The van der Waals surface area contributed by atoms with Gasteiger partial charge in [-0.15, -0.1) is 0 Å². The molecule has 1 aromatic rings. The molecule has 2 rings (SSSR count). The number of aryl methyl sites for hydroxylation is 2. The van der Waals surface area contributed by atoms with Gasteiger partial charge in [-0.25, -0.2) is 8.42 Å². The van der Waals surface area contributed by atoms with Crippen molar-refractivity contribution in [3.05, 3.63) is 29.3 Å². The summed E-state index contributed by atoms with van der Waals surface area (Å²) in [5.74, 6) is 0.300. The minimum atomic E-state index is -3.38. The number of hydrogen-bond acceptors (Lipinski definition) is 3. The average molecular weight is 297 g/mol. The van der Waals surface area contributed by atoms with Crippen LogP contribution in [-0.2, 0) is 14.8 Å². The molecule has 1 saturated heterocycles. The number of nitrogens with zero attached hydrogens (tertiary/aromatic N) is 1. The average Bonchev–Trinajstić information content (AvgIpc) is 2.39. The summed E-state index contributed by atoms with van der Waals surface area (Å²) in [6.45, 7) is 5.62. The van der Waals surface area contributed by atoms with Crippen LogP contribution in [0, 0.1) is 19.8 Å². The van der Waals surface area contributed by atoms with Gasteiger partial charge >= 0.3 is 0 Å². The number of piperidine rings is 1. The lowest BCUT2D eigenvalue weighted by atomic mass is 10.0. The van der Waals surface area contributed by atoms with Crippen LogP contribution in [0.2, 0.25) is 0 Å². The van der Waals surface area contributed by atoms with Crippen molar-refractivity contribution < 1.29 is 13.2 Å². The maximum atomic E-state index is 12.8. The van der Waals surface area contributed by atoms with E-state index in [1.807, 2.05) is 26.0 Å². The molecular weight excluding hydrogens is 274 g/mol. The predicted molar refractivity (Wildman–Crippen MR) is 79.3 cm³/mol. The molecule has 1 fully saturated rings. The van der Waals surface area contributed by atoms with Gasteiger partial charge in [-0.2, -0.15) is 4.31 Å². The molecule has 1 atom stereocenters. The molecule has 20 heavy (non-hydrogen) atoms. The molecule has 1 aromatic carbocycles. The van der Waals surface area contributed by atoms with Crippen molar-refractivity contribution in [2.24, 2.45) is 5.92 Å². The Labute approximate surface area is 121 Å². The van der Waals surface area contributed by atoms with Gasteiger partial charge in [0.1, 0.15) is 0 Å². The summed E-state index contributed by atoms with van der Waals surface area (Å²) in [6, 6.07) is 5.50. The SMILES string of the molecule is COCC1CCCN(S(=O)(=O)c2ccc(C)cc2C)C1. The molecule has 0 spiro atoms. The lowest BCUT2D eigenvalue weighted by Gasteiger charge is -2.32. The zero-order chi connectivity index (χ0) is 14.8. The molecular formula is C15H23NO3S. The van der Waals surface area contributed by atoms with E-state index in [9.17, 15) is 8.42 Å². The Morgan fingerprint density at radius 3 is 2.75 bits per heavy atom. The maximum Gasteiger partial charge on any atom is 0.243 e. The third kappa shape index (κ3) is 3.22. The van der Waals surface area contributed by atoms with Crippen LogP contribution in [0.4, 0.5) is 0 Å². The molecule has 5 heteroatoms. The summed E-state index contributed by atoms with van der Waals surface area (Å²) in [6.07, 6.45) is 1.94. The molecule has 0 amide bonds. The highest BCUT2D eigenvalue weighted by atomic mass is 32.2. The van der Waals surface area contributed by atoms with Crippen LogP contribution in [-0.4, -0.2) is 39.5 Å². The fourth-order valence-electron chi connectivity index (χ4n) is 2.84. The van der Waals surface area contributed by atoms with Gasteiger partial charge in [0.05, 0.1) is 11.5 Å². The van der Waals surface area contributed by atoms with E-state index in [0.29, 0.717) is 30.5 Å². The second kappa shape index (κ2) is 6.24. The Hall–Kier alpha value is -0.910. The topological polar surface area (TPSA) is 46.6 Å². The normalized spacial score (nSPS) is 21.1. The van der Waals surface area contributed by atoms with E-state index in [0.717, 1.165) is 24.0 Å². The number of rotatable bonds is 4. The van der Waals surface area contributed by atoms with E-state index in [4.69, 9.17) is 4.74 Å². The highest BCUT2D eigenvalue weighted by Gasteiger charge is 2.31. The van der Waals surface area contributed by atoms with Gasteiger partial charge in [-0.1, -0.05) is 17.7 Å². The van der Waals surface area contributed by atoms with Gasteiger partial charge in [0.15, 0.2) is 0 Å². The van der Waals surface area contributed by atoms with Crippen molar-refractivity contribution in [2.75, 3.05) is 26.8 Å². The standard InChI is InChI=1S/C15H23NO3S/c1-12-6-7-15(13(2)9-12)20(17,18)16-8-4-5-14(10-16)11-19-3/h6-7,9,14H,4-5,8,10-11H2,1-3H3. The van der Waals surface area contributed by atoms with Gasteiger partial charge in [-0.3, -0.25) is 0 Å². The Morgan fingerprint density at radius 2 is 2.10 bits per heavy atom. The molecule has 0 radical (unpaired) electrons. The summed E-state index contributed by atoms with van der Waals surface area (Å²) in [5, 5.41) is 0. The molecule has 1 heterocycles. The minimum absolute atomic E-state index is 0.300. The second-order valence-electron chi connectivity index (χ2n) is 5.60. The quantitative estimate of drug-likeness (QED) is 0.857. The number of methoxy groups -OCH3 is 1. The zero-order valence-corrected chi connectivity index (χ0v) is 13.2. The lowest BCUT2D eigenvalue weighted by molar-refractivity contribution is 0.118. The molecule has 0 aliphatic carbocycles. The van der Waals surface area contributed by atoms with E-state index in [1.54, 1.807) is 17.5 Å². The van der Waals surface area contributed by atoms with Gasteiger partial charge in [-0.05, 0) is 44.2 Å². The van der Waals surface area contributed by atoms with Crippen LogP contribution < -0.4 is 0 Å². The molecule has 1 aliphatic rings. The van der Waals surface area contributed by atoms with E-state index >= 15 is 0 Å². The predicted octanol–water partition coefficient (Wildman–Crippen LogP) is 2.35. The number of benzene rings is 1. The minimum Gasteiger partial charge on any atom is -0.384 e. The monoisotopic (exact) mass is 297 g/mol. The van der Waals surface area contributed by atoms with Crippen molar-refractivity contribution in [2.45, 2.75) is 31.6 Å². The van der Waals surface area contributed by atoms with Gasteiger partial charge in [0, 0.05) is 20.2 Å². The lowest BCUT2D eigenvalue weighted by Crippen LogP contribution is -2.41. The van der Waals surface area contributed by atoms with Crippen molar-refractivity contribution >= 4 is 10.0 Å². The molecule has 0 aromatic heterocycles. The molecule has 4 nitrogen and oxygen atoms in total. The Bertz CT molecular complexity index is 566. The summed E-state index contributed by atoms with van der Waals surface area (Å²) < 4.78 is 32.3. The Kier molecular flexibility index (Phi) is 4.83. The molecule has 112 valence electrons. The second-order valence-corrected chi connectivity index (χ2v) is 7.50. The third-order valence-electron chi connectivity index (χ3n) is 3.83. The van der Waals surface area contributed by atoms with Crippen LogP contribution >= 0.6 is 0 Å². The smallest absolute Gasteiger partial charge is 0.243 e. The van der Waals surface area contributed by atoms with Crippen molar-refractivity contribution in [1.29, 1.82) is 0 Å². The molecule has 0 N–H and O–H groups in total. The first-order chi connectivity index (χ1) is 9.45. The maximum absolute atomic E-state index is 12.8. The molecule has 1 aliphatic heterocycles. The van der Waals surface area contributed by atoms with Gasteiger partial charge in [0.25, 0.3) is 0 Å². The fraction of sp³-hybridized carbons (Fsp3) is 0.600. The Balaban J connectivity index is 2.25. The van der Waals surface area contributed by atoms with E-state index in [-0.39, 0.29) is 0 Å². The van der Waals surface area contributed by atoms with Crippen LogP contribution in [0.25, 0.3) is 0 Å². The Morgan fingerprint density at radius 1 is 1.35 bits per heavy atom. The highest BCUT2D eigenvalue weighted by Crippen LogP contribution is 2.26. The summed E-state index contributed by atoms with van der Waals surface area (Å²) >= 11 is 0. The molecule has 0 saturated carbocycles. The zero-order valence-electron chi connectivity index (χ0n) is 12.4. The summed E-state index contributed by atoms with van der Waals surface area (Å²) in [7, 11) is -1.72. The van der Waals surface area contributed by atoms with E-state index in [2.05, 4.69) is 0 Å². The van der Waals surface area contributed by atoms with E-state index in [1.165, 1.54) is 0 Å². The third-order valence-corrected chi connectivity index (χ3v) is 5.86. The van der Waals surface area contributed by atoms with Crippen molar-refractivity contribution in [3.63, 3.8) is 0 Å². The fourth-order valence-corrected chi connectivity index (χ4v) is 4.61. The number of sulfonamides is 1. The van der Waals surface area contributed by atoms with Crippen LogP contribution in [0.15, 0.2) is 23.1 Å². The molecule has 0 bridgehead atoms. The van der Waals surface area contributed by atoms with Crippen LogP contribution in [0.5, 0.6) is 0 Å². The van der Waals surface area contributed by atoms with E-state index < -0.39 is 10.0 Å². The number of hydrogen-bond donors (Lipinski definition) is 0.